The molecule has 0 saturated carbocycles. The lowest BCUT2D eigenvalue weighted by molar-refractivity contribution is -0.147. The SMILES string of the molecule is CC(NC(=O)CCN1CCCC1)(C(=O)O)c1ccccc1. The van der Waals surface area contributed by atoms with Crippen molar-refractivity contribution in [3.63, 3.8) is 0 Å². The first-order chi connectivity index (χ1) is 10.0. The minimum atomic E-state index is -1.39. The molecule has 1 aliphatic heterocycles. The molecule has 5 heteroatoms. The molecular formula is C16H22N2O3. The van der Waals surface area contributed by atoms with Crippen LogP contribution in [0.3, 0.4) is 0 Å². The van der Waals surface area contributed by atoms with Crippen LogP contribution in [-0.4, -0.2) is 41.5 Å². The summed E-state index contributed by atoms with van der Waals surface area (Å²) in [6.45, 7) is 4.28. The number of carbonyl (C=O) groups excluding carboxylic acids is 1. The second-order valence-electron chi connectivity index (χ2n) is 5.64. The average Bonchev–Trinajstić information content (AvgIpc) is 2.99. The average molecular weight is 290 g/mol. The van der Waals surface area contributed by atoms with Crippen LogP contribution in [0.2, 0.25) is 0 Å². The molecule has 114 valence electrons. The van der Waals surface area contributed by atoms with E-state index in [0.29, 0.717) is 18.5 Å². The molecule has 1 aromatic carbocycles. The van der Waals surface area contributed by atoms with Gasteiger partial charge in [-0.3, -0.25) is 4.79 Å². The minimum absolute atomic E-state index is 0.226. The lowest BCUT2D eigenvalue weighted by Gasteiger charge is -2.27. The van der Waals surface area contributed by atoms with Crippen molar-refractivity contribution in [1.82, 2.24) is 10.2 Å². The predicted molar refractivity (Wildman–Crippen MR) is 79.9 cm³/mol. The number of rotatable bonds is 6. The summed E-state index contributed by atoms with van der Waals surface area (Å²) < 4.78 is 0. The second kappa shape index (κ2) is 6.72. The number of amides is 1. The van der Waals surface area contributed by atoms with Gasteiger partial charge in [0.05, 0.1) is 0 Å². The Hall–Kier alpha value is -1.88. The number of nitrogens with zero attached hydrogens (tertiary/aromatic N) is 1. The van der Waals surface area contributed by atoms with Gasteiger partial charge in [0, 0.05) is 13.0 Å². The number of aliphatic carboxylic acids is 1. The number of carbonyl (C=O) groups is 2. The fraction of sp³-hybridized carbons (Fsp3) is 0.500. The molecule has 2 N–H and O–H groups in total. The lowest BCUT2D eigenvalue weighted by atomic mass is 9.92. The van der Waals surface area contributed by atoms with Crippen molar-refractivity contribution in [3.05, 3.63) is 35.9 Å². The molecule has 1 fully saturated rings. The van der Waals surface area contributed by atoms with E-state index in [1.165, 1.54) is 19.8 Å². The number of hydrogen-bond donors (Lipinski definition) is 2. The summed E-state index contributed by atoms with van der Waals surface area (Å²) in [5, 5.41) is 12.2. The number of carboxylic acids is 1. The van der Waals surface area contributed by atoms with Crippen molar-refractivity contribution < 1.29 is 14.7 Å². The van der Waals surface area contributed by atoms with Gasteiger partial charge in [0.15, 0.2) is 5.54 Å². The molecule has 0 spiro atoms. The van der Waals surface area contributed by atoms with Gasteiger partial charge in [-0.05, 0) is 38.4 Å². The highest BCUT2D eigenvalue weighted by atomic mass is 16.4. The van der Waals surface area contributed by atoms with Crippen LogP contribution in [0.25, 0.3) is 0 Å². The van der Waals surface area contributed by atoms with E-state index in [1.807, 2.05) is 6.07 Å². The Labute approximate surface area is 125 Å². The first kappa shape index (κ1) is 15.5. The molecule has 21 heavy (non-hydrogen) atoms. The van der Waals surface area contributed by atoms with Crippen LogP contribution >= 0.6 is 0 Å². The highest BCUT2D eigenvalue weighted by Gasteiger charge is 2.36. The third-order valence-corrected chi connectivity index (χ3v) is 4.02. The van der Waals surface area contributed by atoms with Crippen molar-refractivity contribution in [2.75, 3.05) is 19.6 Å². The first-order valence-electron chi connectivity index (χ1n) is 7.34. The van der Waals surface area contributed by atoms with E-state index in [1.54, 1.807) is 24.3 Å². The van der Waals surface area contributed by atoms with Crippen LogP contribution in [-0.2, 0) is 15.1 Å². The van der Waals surface area contributed by atoms with Gasteiger partial charge >= 0.3 is 5.97 Å². The molecule has 5 nitrogen and oxygen atoms in total. The van der Waals surface area contributed by atoms with Crippen LogP contribution in [0, 0.1) is 0 Å². The van der Waals surface area contributed by atoms with Gasteiger partial charge in [-0.25, -0.2) is 4.79 Å². The van der Waals surface area contributed by atoms with E-state index in [4.69, 9.17) is 0 Å². The summed E-state index contributed by atoms with van der Waals surface area (Å²) in [5.74, 6) is -1.28. The van der Waals surface area contributed by atoms with Gasteiger partial charge in [0.25, 0.3) is 0 Å². The first-order valence-corrected chi connectivity index (χ1v) is 7.34. The van der Waals surface area contributed by atoms with Gasteiger partial charge in [-0.15, -0.1) is 0 Å². The van der Waals surface area contributed by atoms with Crippen LogP contribution < -0.4 is 5.32 Å². The molecular weight excluding hydrogens is 268 g/mol. The Morgan fingerprint density at radius 3 is 2.43 bits per heavy atom. The maximum atomic E-state index is 12.1. The van der Waals surface area contributed by atoms with Gasteiger partial charge < -0.3 is 15.3 Å². The molecule has 0 aliphatic carbocycles. The summed E-state index contributed by atoms with van der Waals surface area (Å²) in [6.07, 6.45) is 2.69. The summed E-state index contributed by atoms with van der Waals surface area (Å²) >= 11 is 0. The number of benzene rings is 1. The van der Waals surface area contributed by atoms with Gasteiger partial charge in [0.2, 0.25) is 5.91 Å². The van der Waals surface area contributed by atoms with Crippen molar-refractivity contribution >= 4 is 11.9 Å². The summed E-state index contributed by atoms with van der Waals surface area (Å²) in [6, 6.07) is 8.80. The highest BCUT2D eigenvalue weighted by molar-refractivity contribution is 5.87. The molecule has 2 rings (SSSR count). The summed E-state index contributed by atoms with van der Waals surface area (Å²) in [4.78, 5) is 25.9. The third-order valence-electron chi connectivity index (χ3n) is 4.02. The Balaban J connectivity index is 1.99. The second-order valence-corrected chi connectivity index (χ2v) is 5.64. The van der Waals surface area contributed by atoms with E-state index < -0.39 is 11.5 Å². The highest BCUT2D eigenvalue weighted by Crippen LogP contribution is 2.21. The normalized spacial score (nSPS) is 18.1. The van der Waals surface area contributed by atoms with E-state index in [-0.39, 0.29) is 5.91 Å². The van der Waals surface area contributed by atoms with Crippen molar-refractivity contribution in [2.24, 2.45) is 0 Å². The quantitative estimate of drug-likeness (QED) is 0.834. The van der Waals surface area contributed by atoms with Crippen molar-refractivity contribution in [2.45, 2.75) is 31.7 Å². The smallest absolute Gasteiger partial charge is 0.333 e. The maximum absolute atomic E-state index is 12.1. The fourth-order valence-corrected chi connectivity index (χ4v) is 2.63. The van der Waals surface area contributed by atoms with E-state index in [9.17, 15) is 14.7 Å². The zero-order valence-corrected chi connectivity index (χ0v) is 12.3. The van der Waals surface area contributed by atoms with Gasteiger partial charge in [0.1, 0.15) is 0 Å². The Morgan fingerprint density at radius 2 is 1.86 bits per heavy atom. The monoisotopic (exact) mass is 290 g/mol. The fourth-order valence-electron chi connectivity index (χ4n) is 2.63. The standard InChI is InChI=1S/C16H22N2O3/c1-16(15(20)21,13-7-3-2-4-8-13)17-14(19)9-12-18-10-5-6-11-18/h2-4,7-8H,5-6,9-12H2,1H3,(H,17,19)(H,20,21). The Morgan fingerprint density at radius 1 is 1.24 bits per heavy atom. The molecule has 1 saturated heterocycles. The Bertz CT molecular complexity index is 498. The van der Waals surface area contributed by atoms with Gasteiger partial charge in [-0.2, -0.15) is 0 Å². The van der Waals surface area contributed by atoms with Gasteiger partial charge in [-0.1, -0.05) is 30.3 Å². The summed E-state index contributed by atoms with van der Waals surface area (Å²) in [7, 11) is 0. The third kappa shape index (κ3) is 3.82. The number of hydrogen-bond acceptors (Lipinski definition) is 3. The molecule has 1 unspecified atom stereocenters. The lowest BCUT2D eigenvalue weighted by Crippen LogP contribution is -2.50. The molecule has 0 aromatic heterocycles. The zero-order valence-electron chi connectivity index (χ0n) is 12.3. The number of likely N-dealkylation sites (tertiary alicyclic amines) is 1. The molecule has 0 radical (unpaired) electrons. The predicted octanol–water partition coefficient (Wildman–Crippen LogP) is 1.59. The minimum Gasteiger partial charge on any atom is -0.479 e. The topological polar surface area (TPSA) is 69.6 Å². The summed E-state index contributed by atoms with van der Waals surface area (Å²) in [5.41, 5.74) is -0.810. The molecule has 1 atom stereocenters. The zero-order chi connectivity index (χ0) is 15.3. The number of nitrogens with one attached hydrogen (secondary N) is 1. The molecule has 1 amide bonds. The molecule has 1 aliphatic rings. The number of carboxylic acid groups (broad SMARTS) is 1. The molecule has 1 aromatic rings. The van der Waals surface area contributed by atoms with Crippen LogP contribution in [0.4, 0.5) is 0 Å². The van der Waals surface area contributed by atoms with Crippen LogP contribution in [0.1, 0.15) is 31.7 Å². The van der Waals surface area contributed by atoms with E-state index in [2.05, 4.69) is 10.2 Å². The van der Waals surface area contributed by atoms with Crippen LogP contribution in [0.15, 0.2) is 30.3 Å². The van der Waals surface area contributed by atoms with Crippen LogP contribution in [0.5, 0.6) is 0 Å². The van der Waals surface area contributed by atoms with Crippen molar-refractivity contribution in [3.8, 4) is 0 Å². The maximum Gasteiger partial charge on any atom is 0.333 e. The Kier molecular flexibility index (Phi) is 4.96. The van der Waals surface area contributed by atoms with E-state index >= 15 is 0 Å². The van der Waals surface area contributed by atoms with E-state index in [0.717, 1.165) is 13.1 Å². The molecule has 1 heterocycles. The molecule has 0 bridgehead atoms. The van der Waals surface area contributed by atoms with Crippen molar-refractivity contribution in [1.29, 1.82) is 0 Å². The largest absolute Gasteiger partial charge is 0.479 e.